The number of thiophene rings is 10. The first kappa shape index (κ1) is 98.0. The number of H-pyrrole nitrogens is 4. The van der Waals surface area contributed by atoms with Crippen LogP contribution in [0.2, 0.25) is 0 Å². The number of aromatic nitrogens is 4. The van der Waals surface area contributed by atoms with Gasteiger partial charge in [-0.1, -0.05) is 144 Å². The number of para-hydroxylation sites is 2. The van der Waals surface area contributed by atoms with Gasteiger partial charge in [-0.2, -0.15) is 0 Å². The van der Waals surface area contributed by atoms with Crippen molar-refractivity contribution < 1.29 is 17.7 Å². The summed E-state index contributed by atoms with van der Waals surface area (Å²) in [4.78, 5) is 47.5. The van der Waals surface area contributed by atoms with Crippen LogP contribution in [0.3, 0.4) is 0 Å². The highest BCUT2D eigenvalue weighted by Crippen LogP contribution is 2.56. The predicted octanol–water partition coefficient (Wildman–Crippen LogP) is 43.8. The Bertz CT molecular complexity index is 7540. The number of hydrogen-bond acceptors (Lipinski definition) is 26. The van der Waals surface area contributed by atoms with Crippen LogP contribution >= 0.6 is 231 Å². The number of benzene rings is 4. The normalized spacial score (nSPS) is 13.9. The van der Waals surface area contributed by atoms with Crippen LogP contribution in [0.25, 0.3) is 153 Å². The lowest BCUT2D eigenvalue weighted by molar-refractivity contribution is 0.518. The fourth-order valence-electron chi connectivity index (χ4n) is 15.3. The van der Waals surface area contributed by atoms with E-state index in [2.05, 4.69) is 337 Å². The van der Waals surface area contributed by atoms with E-state index in [1.165, 1.54) is 128 Å². The highest BCUT2D eigenvalue weighted by atomic mass is 32.2. The van der Waals surface area contributed by atoms with Gasteiger partial charge in [0.2, 0.25) is 0 Å². The van der Waals surface area contributed by atoms with E-state index in [-0.39, 0.29) is 0 Å². The van der Waals surface area contributed by atoms with Gasteiger partial charge in [0.15, 0.2) is 23.0 Å². The SMILES string of the molecule is C1=C(c2ccc(-c3ccc(-c4cccs4)s3)s2)SC(c2ccc(-c3ccc(-c4cccs4)s3)s2)=CS1.C1=C(c2ccc(-c3ccc[nH]3)[nH]2)SC(c2ccc(-c3ccc[nH]3)[nH]2)=CS1.C1=C(c2ccc(-c3ccco3)o2)SC(c2ccc(-c3ccco3)o2)=CS1.C1=C(c2ccc(-c3cccs3)s2)SC(c2ccc(-c3cccs3)s2)=CS1.C1=C(c2ccc(Nc3ccccc3)cc2)SC(c2ccc(Nc3ccccc3)cc2)=CS1. The first-order chi connectivity index (χ1) is 72.2. The predicted molar refractivity (Wildman–Crippen MR) is 659 cm³/mol. The number of hydrogen-bond donors (Lipinski definition) is 6. The van der Waals surface area contributed by atoms with E-state index in [1.54, 1.807) is 140 Å². The van der Waals surface area contributed by atoms with Crippen molar-refractivity contribution >= 4 is 303 Å². The molecule has 22 aromatic rings. The maximum Gasteiger partial charge on any atom is 0.170 e. The van der Waals surface area contributed by atoms with Gasteiger partial charge in [-0.3, -0.25) is 0 Å². The fraction of sp³-hybridized carbons (Fsp3) is 0. The van der Waals surface area contributed by atoms with Crippen LogP contribution in [0.5, 0.6) is 0 Å². The third-order valence-electron chi connectivity index (χ3n) is 22.4. The number of anilines is 4. The molecule has 0 fully saturated rings. The summed E-state index contributed by atoms with van der Waals surface area (Å²) in [5, 5.41) is 37.5. The lowest BCUT2D eigenvalue weighted by Gasteiger charge is -2.16. The molecule has 0 amide bonds. The maximum absolute atomic E-state index is 5.95. The van der Waals surface area contributed by atoms with Crippen molar-refractivity contribution in [1.82, 2.24) is 19.9 Å². The van der Waals surface area contributed by atoms with Crippen molar-refractivity contribution in [3.8, 4) is 104 Å². The molecule has 23 heterocycles. The molecule has 0 atom stereocenters. The Kier molecular flexibility index (Phi) is 31.8. The van der Waals surface area contributed by atoms with Gasteiger partial charge in [0, 0.05) is 152 Å². The van der Waals surface area contributed by atoms with E-state index in [1.807, 2.05) is 213 Å². The second-order valence-electron chi connectivity index (χ2n) is 32.1. The summed E-state index contributed by atoms with van der Waals surface area (Å²) in [5.74, 6) is 4.47. The lowest BCUT2D eigenvalue weighted by Crippen LogP contribution is -1.92. The Hall–Kier alpha value is -11.4. The third kappa shape index (κ3) is 24.1. The minimum atomic E-state index is 0.714. The molecule has 18 aromatic heterocycles. The molecule has 10 nitrogen and oxygen atoms in total. The number of furan rings is 4. The largest absolute Gasteiger partial charge is 0.461 e. The Morgan fingerprint density at radius 2 is 0.473 bits per heavy atom. The zero-order chi connectivity index (χ0) is 97.5. The molecule has 0 saturated carbocycles. The van der Waals surface area contributed by atoms with Gasteiger partial charge in [-0.05, 0) is 329 Å². The molecule has 0 saturated heterocycles. The number of rotatable bonds is 24. The standard InChI is InChI=1S/C28H22N2S2.C28H16S8.C20H16N4S2.C20H12O4S2.C20H12S6/c1-3-7-23(8-4-1)29-25-15-11-21(12-16-25)27-19-31-20-28(32-27)22-13-17-26(18-14-22)30-24-9-5-2-6-10-24;1-3-17(30-13-1)19-5-7-21(32-19)23-9-11-25(34-23)27-15-29-16-28(36-27)26-12-10-24(35-26)22-8-6-20(33-22)18-4-2-14-31-18;2*1-3-13(21-9-1)15-5-7-17(23-15)19-11-25-12-20(26-19)18-8-6-16(24-18)14-4-2-10-22-14;1-3-13(22-9-1)15-5-7-17(24-15)19-11-21-12-20(26-19)18-8-6-16(25-18)14-4-2-10-23-14/h1-20,29-30H;1-16H;1-12,21-24H;2*1-12H. The van der Waals surface area contributed by atoms with Crippen LogP contribution < -0.4 is 10.6 Å². The third-order valence-corrected chi connectivity index (χ3v) is 45.0. The van der Waals surface area contributed by atoms with E-state index in [0.29, 0.717) is 11.5 Å². The summed E-state index contributed by atoms with van der Waals surface area (Å²) in [6.45, 7) is 0. The van der Waals surface area contributed by atoms with Gasteiger partial charge < -0.3 is 48.2 Å². The van der Waals surface area contributed by atoms with Crippen LogP contribution in [0.1, 0.15) is 53.5 Å². The molecule has 0 aliphatic carbocycles. The van der Waals surface area contributed by atoms with Crippen molar-refractivity contribution in [2.45, 2.75) is 0 Å². The zero-order valence-corrected chi connectivity index (χ0v) is 92.7. The van der Waals surface area contributed by atoms with Crippen LogP contribution in [-0.4, -0.2) is 19.9 Å². The second-order valence-corrected chi connectivity index (χ2v) is 51.5. The quantitative estimate of drug-likeness (QED) is 0.0342. The van der Waals surface area contributed by atoms with Gasteiger partial charge in [-0.15, -0.1) is 172 Å². The molecular formula is C116H78N6O4S20. The fourth-order valence-corrected chi connectivity index (χ4v) is 35.5. The van der Waals surface area contributed by atoms with Gasteiger partial charge in [0.05, 0.1) is 56.5 Å². The molecule has 146 heavy (non-hydrogen) atoms. The summed E-state index contributed by atoms with van der Waals surface area (Å²) in [7, 11) is 0. The van der Waals surface area contributed by atoms with Crippen molar-refractivity contribution in [1.29, 1.82) is 0 Å². The number of thioether (sulfide) groups is 10. The highest BCUT2D eigenvalue weighted by molar-refractivity contribution is 8.22. The molecular weight excluding hydrogens is 2180 g/mol. The Morgan fingerprint density at radius 1 is 0.185 bits per heavy atom. The van der Waals surface area contributed by atoms with E-state index >= 15 is 0 Å². The van der Waals surface area contributed by atoms with Crippen LogP contribution in [-0.2, 0) is 0 Å². The monoisotopic (exact) mass is 2260 g/mol. The zero-order valence-electron chi connectivity index (χ0n) is 76.4. The van der Waals surface area contributed by atoms with Gasteiger partial charge in [-0.25, -0.2) is 0 Å². The molecule has 30 heteroatoms. The Balaban J connectivity index is 0.000000101. The summed E-state index contributed by atoms with van der Waals surface area (Å²) in [6.07, 6.45) is 7.15. The summed E-state index contributed by atoms with van der Waals surface area (Å²) in [5.41, 5.74) is 13.5. The average Bonchev–Trinajstić information content (AvgIpc) is 1.66. The van der Waals surface area contributed by atoms with E-state index < -0.39 is 0 Å². The molecule has 716 valence electrons. The Labute approximate surface area is 926 Å². The van der Waals surface area contributed by atoms with E-state index in [0.717, 1.165) is 89.8 Å². The van der Waals surface area contributed by atoms with Crippen molar-refractivity contribution in [2.75, 3.05) is 10.6 Å². The van der Waals surface area contributed by atoms with Crippen molar-refractivity contribution in [3.05, 3.63) is 482 Å². The molecule has 0 bridgehead atoms. The van der Waals surface area contributed by atoms with E-state index in [9.17, 15) is 0 Å². The lowest BCUT2D eigenvalue weighted by atomic mass is 10.2. The molecule has 0 spiro atoms. The van der Waals surface area contributed by atoms with E-state index in [4.69, 9.17) is 17.7 Å². The number of aromatic amines is 4. The summed E-state index contributed by atoms with van der Waals surface area (Å²) < 4.78 is 22.7. The summed E-state index contributed by atoms with van der Waals surface area (Å²) in [6, 6.07) is 114. The van der Waals surface area contributed by atoms with Crippen LogP contribution in [0.4, 0.5) is 22.7 Å². The summed E-state index contributed by atoms with van der Waals surface area (Å²) >= 11 is 36.2. The van der Waals surface area contributed by atoms with Crippen LogP contribution in [0.15, 0.2) is 446 Å². The minimum Gasteiger partial charge on any atom is -0.461 e. The molecule has 6 N–H and O–H groups in total. The van der Waals surface area contributed by atoms with Crippen molar-refractivity contribution in [3.63, 3.8) is 0 Å². The smallest absolute Gasteiger partial charge is 0.170 e. The average molecular weight is 2260 g/mol. The molecule has 0 unspecified atom stereocenters. The Morgan fingerprint density at radius 3 is 0.801 bits per heavy atom. The topological polar surface area (TPSA) is 140 Å². The highest BCUT2D eigenvalue weighted by Gasteiger charge is 2.26. The second kappa shape index (κ2) is 47.4. The maximum atomic E-state index is 5.95. The molecule has 4 aromatic carbocycles. The number of nitrogens with one attached hydrogen (secondary N) is 6. The minimum absolute atomic E-state index is 0.714. The molecule has 5 aliphatic rings. The first-order valence-corrected chi connectivity index (χ1v) is 62.7. The van der Waals surface area contributed by atoms with Gasteiger partial charge >= 0.3 is 0 Å². The van der Waals surface area contributed by atoms with Crippen LogP contribution in [0, 0.1) is 0 Å². The van der Waals surface area contributed by atoms with Gasteiger partial charge in [0.1, 0.15) is 11.5 Å². The first-order valence-electron chi connectivity index (χ1n) is 45.5. The molecule has 27 rings (SSSR count). The molecule has 0 radical (unpaired) electrons. The molecule has 5 aliphatic heterocycles. The van der Waals surface area contributed by atoms with Crippen molar-refractivity contribution in [2.24, 2.45) is 0 Å². The van der Waals surface area contributed by atoms with Gasteiger partial charge in [0.25, 0.3) is 0 Å².